The Labute approximate surface area is 150 Å². The molecule has 1 heterocycles. The zero-order valence-corrected chi connectivity index (χ0v) is 15.7. The number of nitrogens with two attached hydrogens (primary N) is 1. The number of halogens is 1. The van der Waals surface area contributed by atoms with Gasteiger partial charge in [-0.3, -0.25) is 0 Å². The minimum absolute atomic E-state index is 0. The van der Waals surface area contributed by atoms with Crippen molar-refractivity contribution in [1.29, 1.82) is 0 Å². The highest BCUT2D eigenvalue weighted by Crippen LogP contribution is 2.44. The summed E-state index contributed by atoms with van der Waals surface area (Å²) in [5.41, 5.74) is 7.84. The molecule has 1 aliphatic carbocycles. The number of nitrogens with zero attached hydrogens (tertiary/aromatic N) is 2. The highest BCUT2D eigenvalue weighted by molar-refractivity contribution is 14.0. The molecule has 5 heteroatoms. The Bertz CT molecular complexity index is 514. The van der Waals surface area contributed by atoms with E-state index in [-0.39, 0.29) is 35.5 Å². The van der Waals surface area contributed by atoms with Gasteiger partial charge < -0.3 is 15.4 Å². The van der Waals surface area contributed by atoms with Gasteiger partial charge in [-0.1, -0.05) is 37.3 Å². The van der Waals surface area contributed by atoms with Crippen LogP contribution in [0.25, 0.3) is 0 Å². The fraction of sp³-hybridized carbons (Fsp3) is 0.588. The lowest BCUT2D eigenvalue weighted by atomic mass is 9.63. The number of ether oxygens (including phenoxy) is 1. The summed E-state index contributed by atoms with van der Waals surface area (Å²) in [6.07, 6.45) is 2.40. The first-order valence-corrected chi connectivity index (χ1v) is 7.82. The molecule has 2 fully saturated rings. The third-order valence-corrected chi connectivity index (χ3v) is 4.72. The summed E-state index contributed by atoms with van der Waals surface area (Å²) in [6.45, 7) is 6.83. The van der Waals surface area contributed by atoms with E-state index in [0.717, 1.165) is 32.5 Å². The van der Waals surface area contributed by atoms with E-state index in [1.54, 1.807) is 0 Å². The molecule has 1 atom stereocenters. The molecule has 122 valence electrons. The fourth-order valence-electron chi connectivity index (χ4n) is 3.44. The predicted octanol–water partition coefficient (Wildman–Crippen LogP) is 2.76. The Kier molecular flexibility index (Phi) is 5.71. The van der Waals surface area contributed by atoms with Gasteiger partial charge in [0.15, 0.2) is 5.96 Å². The SMILES string of the molecule is CC1CN(C(N)=NC2CC(C)(c3ccccc3)C2)CCO1.I. The largest absolute Gasteiger partial charge is 0.375 e. The number of hydrogen-bond donors (Lipinski definition) is 1. The zero-order valence-electron chi connectivity index (χ0n) is 13.4. The van der Waals surface area contributed by atoms with Crippen LogP contribution in [0.2, 0.25) is 0 Å². The van der Waals surface area contributed by atoms with Gasteiger partial charge in [0.05, 0.1) is 18.8 Å². The molecule has 1 aliphatic heterocycles. The van der Waals surface area contributed by atoms with Crippen LogP contribution in [0.5, 0.6) is 0 Å². The molecule has 1 aromatic carbocycles. The van der Waals surface area contributed by atoms with Crippen molar-refractivity contribution < 1.29 is 4.74 Å². The minimum atomic E-state index is 0. The summed E-state index contributed by atoms with van der Waals surface area (Å²) in [4.78, 5) is 6.87. The maximum Gasteiger partial charge on any atom is 0.191 e. The lowest BCUT2D eigenvalue weighted by molar-refractivity contribution is 0.00504. The molecule has 1 saturated carbocycles. The fourth-order valence-corrected chi connectivity index (χ4v) is 3.44. The van der Waals surface area contributed by atoms with E-state index in [1.807, 2.05) is 0 Å². The average Bonchev–Trinajstić information content (AvgIpc) is 2.46. The van der Waals surface area contributed by atoms with Crippen molar-refractivity contribution in [3.05, 3.63) is 35.9 Å². The van der Waals surface area contributed by atoms with Crippen LogP contribution in [-0.2, 0) is 10.2 Å². The van der Waals surface area contributed by atoms with Crippen molar-refractivity contribution in [1.82, 2.24) is 4.90 Å². The number of morpholine rings is 1. The van der Waals surface area contributed by atoms with Crippen molar-refractivity contribution >= 4 is 29.9 Å². The van der Waals surface area contributed by atoms with E-state index < -0.39 is 0 Å². The van der Waals surface area contributed by atoms with E-state index in [1.165, 1.54) is 5.56 Å². The second kappa shape index (κ2) is 7.17. The third-order valence-electron chi connectivity index (χ3n) is 4.72. The quantitative estimate of drug-likeness (QED) is 0.459. The first-order valence-electron chi connectivity index (χ1n) is 7.82. The molecule has 4 nitrogen and oxygen atoms in total. The van der Waals surface area contributed by atoms with E-state index in [0.29, 0.717) is 12.0 Å². The van der Waals surface area contributed by atoms with Crippen LogP contribution in [0.1, 0.15) is 32.3 Å². The Balaban J connectivity index is 0.00000176. The molecular formula is C17H26IN3O. The Morgan fingerprint density at radius 2 is 2.00 bits per heavy atom. The second-order valence-electron chi connectivity index (χ2n) is 6.60. The highest BCUT2D eigenvalue weighted by atomic mass is 127. The lowest BCUT2D eigenvalue weighted by Gasteiger charge is -2.44. The number of aliphatic imine (C=N–C) groups is 1. The summed E-state index contributed by atoms with van der Waals surface area (Å²) >= 11 is 0. The number of benzene rings is 1. The first-order chi connectivity index (χ1) is 10.1. The van der Waals surface area contributed by atoms with Crippen LogP contribution >= 0.6 is 24.0 Å². The molecule has 0 aromatic heterocycles. The molecule has 1 saturated heterocycles. The van der Waals surface area contributed by atoms with Gasteiger partial charge in [0.1, 0.15) is 0 Å². The molecule has 3 rings (SSSR count). The van der Waals surface area contributed by atoms with Gasteiger partial charge in [-0.25, -0.2) is 4.99 Å². The molecule has 0 bridgehead atoms. The molecular weight excluding hydrogens is 389 g/mol. The second-order valence-corrected chi connectivity index (χ2v) is 6.60. The van der Waals surface area contributed by atoms with Crippen molar-refractivity contribution in [2.24, 2.45) is 10.7 Å². The third kappa shape index (κ3) is 3.74. The molecule has 0 amide bonds. The summed E-state index contributed by atoms with van der Waals surface area (Å²) in [5, 5.41) is 0. The van der Waals surface area contributed by atoms with Crippen LogP contribution in [-0.4, -0.2) is 42.7 Å². The molecule has 0 spiro atoms. The van der Waals surface area contributed by atoms with Crippen LogP contribution < -0.4 is 5.73 Å². The highest BCUT2D eigenvalue weighted by Gasteiger charge is 2.41. The lowest BCUT2D eigenvalue weighted by Crippen LogP contribution is -2.49. The van der Waals surface area contributed by atoms with E-state index >= 15 is 0 Å². The monoisotopic (exact) mass is 415 g/mol. The Morgan fingerprint density at radius 3 is 2.64 bits per heavy atom. The maximum atomic E-state index is 6.17. The maximum absolute atomic E-state index is 6.17. The summed E-state index contributed by atoms with van der Waals surface area (Å²) in [6, 6.07) is 11.1. The van der Waals surface area contributed by atoms with Gasteiger partial charge in [0.25, 0.3) is 0 Å². The van der Waals surface area contributed by atoms with Gasteiger partial charge in [-0.05, 0) is 30.7 Å². The number of hydrogen-bond acceptors (Lipinski definition) is 2. The van der Waals surface area contributed by atoms with Gasteiger partial charge >= 0.3 is 0 Å². The summed E-state index contributed by atoms with van der Waals surface area (Å²) < 4.78 is 5.54. The molecule has 1 aromatic rings. The van der Waals surface area contributed by atoms with Crippen molar-refractivity contribution in [3.63, 3.8) is 0 Å². The zero-order chi connectivity index (χ0) is 14.9. The average molecular weight is 415 g/mol. The van der Waals surface area contributed by atoms with Crippen LogP contribution in [0.3, 0.4) is 0 Å². The molecule has 0 radical (unpaired) electrons. The summed E-state index contributed by atoms with van der Waals surface area (Å²) in [7, 11) is 0. The smallest absolute Gasteiger partial charge is 0.191 e. The normalized spacial score (nSPS) is 32.1. The van der Waals surface area contributed by atoms with Crippen molar-refractivity contribution in [2.45, 2.75) is 44.2 Å². The van der Waals surface area contributed by atoms with Gasteiger partial charge in [0.2, 0.25) is 0 Å². The van der Waals surface area contributed by atoms with E-state index in [4.69, 9.17) is 15.5 Å². The summed E-state index contributed by atoms with van der Waals surface area (Å²) in [5.74, 6) is 0.685. The predicted molar refractivity (Wildman–Crippen MR) is 101 cm³/mol. The number of guanidine groups is 1. The minimum Gasteiger partial charge on any atom is -0.375 e. The van der Waals surface area contributed by atoms with Gasteiger partial charge in [0, 0.05) is 13.1 Å². The van der Waals surface area contributed by atoms with Crippen LogP contribution in [0.4, 0.5) is 0 Å². The Hall–Kier alpha value is -0.820. The molecule has 2 N–H and O–H groups in total. The van der Waals surface area contributed by atoms with Gasteiger partial charge in [-0.15, -0.1) is 24.0 Å². The van der Waals surface area contributed by atoms with Crippen molar-refractivity contribution in [2.75, 3.05) is 19.7 Å². The topological polar surface area (TPSA) is 50.8 Å². The van der Waals surface area contributed by atoms with Gasteiger partial charge in [-0.2, -0.15) is 0 Å². The van der Waals surface area contributed by atoms with Crippen LogP contribution in [0.15, 0.2) is 35.3 Å². The van der Waals surface area contributed by atoms with Crippen molar-refractivity contribution in [3.8, 4) is 0 Å². The van der Waals surface area contributed by atoms with Crippen LogP contribution in [0, 0.1) is 0 Å². The molecule has 22 heavy (non-hydrogen) atoms. The van der Waals surface area contributed by atoms with E-state index in [2.05, 4.69) is 49.1 Å². The first kappa shape index (κ1) is 17.5. The number of rotatable bonds is 2. The standard InChI is InChI=1S/C17H25N3O.HI/c1-13-12-20(8-9-21-13)16(18)19-15-10-17(2,11-15)14-6-4-3-5-7-14;/h3-7,13,15H,8-12H2,1-2H3,(H2,18,19);1H. The Morgan fingerprint density at radius 1 is 1.32 bits per heavy atom. The van der Waals surface area contributed by atoms with E-state index in [9.17, 15) is 0 Å². The molecule has 2 aliphatic rings. The molecule has 1 unspecified atom stereocenters.